The summed E-state index contributed by atoms with van der Waals surface area (Å²) in [6, 6.07) is 7.23. The van der Waals surface area contributed by atoms with Crippen LogP contribution in [0.3, 0.4) is 0 Å². The molecule has 1 N–H and O–H groups in total. The van der Waals surface area contributed by atoms with Crippen LogP contribution < -0.4 is 4.74 Å². The van der Waals surface area contributed by atoms with Gasteiger partial charge in [-0.3, -0.25) is 4.79 Å². The second-order valence-corrected chi connectivity index (χ2v) is 3.98. The van der Waals surface area contributed by atoms with Gasteiger partial charge in [0.15, 0.2) is 0 Å². The van der Waals surface area contributed by atoms with E-state index in [0.717, 1.165) is 0 Å². The molecule has 0 saturated carbocycles. The molecule has 0 aliphatic carbocycles. The van der Waals surface area contributed by atoms with E-state index in [1.807, 2.05) is 12.1 Å². The third-order valence-corrected chi connectivity index (χ3v) is 2.89. The quantitative estimate of drug-likeness (QED) is 0.794. The number of aliphatic hydroxyl groups excluding tert-OH is 1. The van der Waals surface area contributed by atoms with Gasteiger partial charge in [0, 0.05) is 5.56 Å². The lowest BCUT2D eigenvalue weighted by Gasteiger charge is -2.18. The molecule has 1 aliphatic heterocycles. The molecule has 0 fully saturated rings. The first-order valence-electron chi connectivity index (χ1n) is 5.80. The van der Waals surface area contributed by atoms with Crippen LogP contribution in [0, 0.1) is 5.92 Å². The molecule has 1 heterocycles. The summed E-state index contributed by atoms with van der Waals surface area (Å²) in [5.41, 5.74) is 0.656. The van der Waals surface area contributed by atoms with Crippen molar-refractivity contribution in [1.82, 2.24) is 0 Å². The lowest BCUT2D eigenvalue weighted by molar-refractivity contribution is -0.152. The Bertz CT molecular complexity index is 402. The van der Waals surface area contributed by atoms with Crippen LogP contribution in [-0.4, -0.2) is 24.3 Å². The number of carbonyl (C=O) groups excluding carboxylic acids is 1. The highest BCUT2D eigenvalue weighted by atomic mass is 16.5. The van der Waals surface area contributed by atoms with Gasteiger partial charge in [0.2, 0.25) is 0 Å². The molecule has 1 aromatic rings. The van der Waals surface area contributed by atoms with Gasteiger partial charge >= 0.3 is 5.97 Å². The standard InChI is InChI=1S/C13H16O4/c1-2-16-13(15)10-7-8-17-11-6-4-3-5-9(11)12(10)14/h3-6,10,12,14H,2,7-8H2,1H3. The van der Waals surface area contributed by atoms with Crippen LogP contribution in [0.15, 0.2) is 24.3 Å². The van der Waals surface area contributed by atoms with Crippen molar-refractivity contribution >= 4 is 5.97 Å². The zero-order valence-corrected chi connectivity index (χ0v) is 9.76. The first-order chi connectivity index (χ1) is 8.24. The predicted octanol–water partition coefficient (Wildman–Crippen LogP) is 1.68. The summed E-state index contributed by atoms with van der Waals surface area (Å²) >= 11 is 0. The Kier molecular flexibility index (Phi) is 3.64. The molecule has 2 unspecified atom stereocenters. The Balaban J connectivity index is 2.25. The average molecular weight is 236 g/mol. The molecule has 1 aromatic carbocycles. The maximum absolute atomic E-state index is 11.7. The molecule has 17 heavy (non-hydrogen) atoms. The summed E-state index contributed by atoms with van der Waals surface area (Å²) in [5.74, 6) is -0.259. The number of fused-ring (bicyclic) bond motifs is 1. The van der Waals surface area contributed by atoms with Crippen LogP contribution in [0.4, 0.5) is 0 Å². The summed E-state index contributed by atoms with van der Waals surface area (Å²) < 4.78 is 10.5. The number of benzene rings is 1. The minimum atomic E-state index is -0.854. The first kappa shape index (κ1) is 11.9. The molecule has 0 saturated heterocycles. The fourth-order valence-corrected chi connectivity index (χ4v) is 2.02. The van der Waals surface area contributed by atoms with Crippen LogP contribution in [0.25, 0.3) is 0 Å². The summed E-state index contributed by atoms with van der Waals surface area (Å²) in [6.07, 6.45) is -0.387. The van der Waals surface area contributed by atoms with E-state index < -0.39 is 12.0 Å². The molecule has 2 rings (SSSR count). The van der Waals surface area contributed by atoms with Crippen molar-refractivity contribution in [3.8, 4) is 5.75 Å². The van der Waals surface area contributed by atoms with E-state index in [-0.39, 0.29) is 5.97 Å². The topological polar surface area (TPSA) is 55.8 Å². The molecule has 4 heteroatoms. The zero-order valence-electron chi connectivity index (χ0n) is 9.76. The molecule has 2 atom stereocenters. The third kappa shape index (κ3) is 2.42. The molecule has 92 valence electrons. The highest BCUT2D eigenvalue weighted by Crippen LogP contribution is 2.35. The first-order valence-corrected chi connectivity index (χ1v) is 5.80. The number of hydrogen-bond acceptors (Lipinski definition) is 4. The number of aliphatic hydroxyl groups is 1. The van der Waals surface area contributed by atoms with Crippen molar-refractivity contribution < 1.29 is 19.4 Å². The summed E-state index contributed by atoms with van der Waals surface area (Å²) in [4.78, 5) is 11.7. The smallest absolute Gasteiger partial charge is 0.312 e. The Hall–Kier alpha value is -1.55. The van der Waals surface area contributed by atoms with Gasteiger partial charge in [0.1, 0.15) is 5.75 Å². The van der Waals surface area contributed by atoms with Gasteiger partial charge in [-0.05, 0) is 19.4 Å². The Morgan fingerprint density at radius 3 is 3.06 bits per heavy atom. The Morgan fingerprint density at radius 1 is 1.53 bits per heavy atom. The molecule has 0 aromatic heterocycles. The largest absolute Gasteiger partial charge is 0.493 e. The van der Waals surface area contributed by atoms with E-state index in [0.29, 0.717) is 30.9 Å². The van der Waals surface area contributed by atoms with E-state index in [9.17, 15) is 9.90 Å². The normalized spacial score (nSPS) is 23.2. The second-order valence-electron chi connectivity index (χ2n) is 3.98. The van der Waals surface area contributed by atoms with Crippen molar-refractivity contribution in [2.24, 2.45) is 5.92 Å². The number of ether oxygens (including phenoxy) is 2. The zero-order chi connectivity index (χ0) is 12.3. The molecular weight excluding hydrogens is 220 g/mol. The number of hydrogen-bond donors (Lipinski definition) is 1. The molecule has 0 radical (unpaired) electrons. The van der Waals surface area contributed by atoms with Crippen LogP contribution in [0.5, 0.6) is 5.75 Å². The van der Waals surface area contributed by atoms with Gasteiger partial charge < -0.3 is 14.6 Å². The minimum Gasteiger partial charge on any atom is -0.493 e. The number of para-hydroxylation sites is 1. The fourth-order valence-electron chi connectivity index (χ4n) is 2.02. The van der Waals surface area contributed by atoms with Gasteiger partial charge in [-0.15, -0.1) is 0 Å². The summed E-state index contributed by atoms with van der Waals surface area (Å²) in [5, 5.41) is 10.2. The molecule has 4 nitrogen and oxygen atoms in total. The predicted molar refractivity (Wildman–Crippen MR) is 61.6 cm³/mol. The summed E-state index contributed by atoms with van der Waals surface area (Å²) in [7, 11) is 0. The highest BCUT2D eigenvalue weighted by molar-refractivity contribution is 5.73. The van der Waals surface area contributed by atoms with E-state index >= 15 is 0 Å². The molecule has 0 spiro atoms. The maximum atomic E-state index is 11.7. The molecule has 0 amide bonds. The highest BCUT2D eigenvalue weighted by Gasteiger charge is 2.33. The second kappa shape index (κ2) is 5.19. The lowest BCUT2D eigenvalue weighted by atomic mass is 9.93. The SMILES string of the molecule is CCOC(=O)C1CCOc2ccccc2C1O. The van der Waals surface area contributed by atoms with E-state index in [1.54, 1.807) is 19.1 Å². The van der Waals surface area contributed by atoms with Crippen molar-refractivity contribution in [2.45, 2.75) is 19.4 Å². The Morgan fingerprint density at radius 2 is 2.29 bits per heavy atom. The number of rotatable bonds is 2. The van der Waals surface area contributed by atoms with Gasteiger partial charge in [-0.2, -0.15) is 0 Å². The molecule has 0 bridgehead atoms. The van der Waals surface area contributed by atoms with Crippen molar-refractivity contribution in [3.63, 3.8) is 0 Å². The fraction of sp³-hybridized carbons (Fsp3) is 0.462. The van der Waals surface area contributed by atoms with Crippen LogP contribution in [0.1, 0.15) is 25.0 Å². The van der Waals surface area contributed by atoms with Gasteiger partial charge in [0.25, 0.3) is 0 Å². The maximum Gasteiger partial charge on any atom is 0.312 e. The molecule has 1 aliphatic rings. The van der Waals surface area contributed by atoms with Crippen LogP contribution >= 0.6 is 0 Å². The van der Waals surface area contributed by atoms with Crippen molar-refractivity contribution in [2.75, 3.05) is 13.2 Å². The monoisotopic (exact) mass is 236 g/mol. The van der Waals surface area contributed by atoms with E-state index in [2.05, 4.69) is 0 Å². The third-order valence-electron chi connectivity index (χ3n) is 2.89. The van der Waals surface area contributed by atoms with Crippen LogP contribution in [0.2, 0.25) is 0 Å². The van der Waals surface area contributed by atoms with E-state index in [1.165, 1.54) is 0 Å². The van der Waals surface area contributed by atoms with E-state index in [4.69, 9.17) is 9.47 Å². The molecular formula is C13H16O4. The van der Waals surface area contributed by atoms with Gasteiger partial charge in [0.05, 0.1) is 25.2 Å². The van der Waals surface area contributed by atoms with Crippen LogP contribution in [-0.2, 0) is 9.53 Å². The van der Waals surface area contributed by atoms with Crippen molar-refractivity contribution in [3.05, 3.63) is 29.8 Å². The Labute approximate surface area is 100 Å². The van der Waals surface area contributed by atoms with Gasteiger partial charge in [-0.1, -0.05) is 18.2 Å². The number of esters is 1. The average Bonchev–Trinajstić information content (AvgIpc) is 2.50. The van der Waals surface area contributed by atoms with Gasteiger partial charge in [-0.25, -0.2) is 0 Å². The minimum absolute atomic E-state index is 0.324. The lowest BCUT2D eigenvalue weighted by Crippen LogP contribution is -2.24. The summed E-state index contributed by atoms with van der Waals surface area (Å²) in [6.45, 7) is 2.49. The number of carbonyl (C=O) groups is 1. The van der Waals surface area contributed by atoms with Crippen molar-refractivity contribution in [1.29, 1.82) is 0 Å².